The third-order valence-electron chi connectivity index (χ3n) is 0. The second-order valence-electron chi connectivity index (χ2n) is 0.0527. The first-order chi connectivity index (χ1) is 1.41. The van der Waals surface area contributed by atoms with Crippen molar-refractivity contribution in [3.63, 3.8) is 0 Å². The van der Waals surface area contributed by atoms with Gasteiger partial charge in [-0.1, -0.05) is 0 Å². The maximum atomic E-state index is 8.43. The van der Waals surface area contributed by atoms with E-state index in [4.69, 9.17) is 6.94 Å². The standard InChI is InChI=1S/Al.2O.Pd. The fourth-order valence-electron chi connectivity index (χ4n) is 0. The molecule has 0 spiro atoms. The molecular weight excluding hydrogens is 165 g/mol. The van der Waals surface area contributed by atoms with Crippen LogP contribution in [0.25, 0.3) is 0 Å². The Morgan fingerprint density at radius 1 is 1.25 bits per heavy atom. The Morgan fingerprint density at radius 2 is 1.25 bits per heavy atom. The predicted molar refractivity (Wildman–Crippen MR) is 7.13 cm³/mol. The van der Waals surface area contributed by atoms with Crippen LogP contribution in [0.3, 0.4) is 0 Å². The van der Waals surface area contributed by atoms with Crippen LogP contribution in [0.4, 0.5) is 0 Å². The summed E-state index contributed by atoms with van der Waals surface area (Å²) in [6, 6.07) is 0. The van der Waals surface area contributed by atoms with Crippen molar-refractivity contribution in [3.8, 4) is 0 Å². The van der Waals surface area contributed by atoms with Crippen molar-refractivity contribution >= 4 is 17.4 Å². The molecule has 0 aromatic heterocycles. The molecule has 0 saturated heterocycles. The van der Waals surface area contributed by atoms with Crippen molar-refractivity contribution in [3.05, 3.63) is 0 Å². The van der Waals surface area contributed by atoms with Crippen LogP contribution in [0.1, 0.15) is 0 Å². The topological polar surface area (TPSA) is 34.1 Å². The molecule has 0 heterocycles. The van der Waals surface area contributed by atoms with Crippen LogP contribution in [0.15, 0.2) is 0 Å². The summed E-state index contributed by atoms with van der Waals surface area (Å²) in [5.41, 5.74) is 0. The molecule has 0 amide bonds. The second kappa shape index (κ2) is 9.20. The summed E-state index contributed by atoms with van der Waals surface area (Å²) in [6.07, 6.45) is 0. The van der Waals surface area contributed by atoms with E-state index < -0.39 is 17.9 Å². The molecule has 4 heavy (non-hydrogen) atoms. The molecule has 0 aromatic carbocycles. The van der Waals surface area contributed by atoms with Gasteiger partial charge in [0, 0.05) is 17.4 Å². The molecule has 2 nitrogen and oxygen atoms in total. The summed E-state index contributed by atoms with van der Waals surface area (Å²) >= 11 is -1.55. The monoisotopic (exact) mass is 165 g/mol. The van der Waals surface area contributed by atoms with Crippen LogP contribution in [0.2, 0.25) is 0 Å². The third-order valence-corrected chi connectivity index (χ3v) is 0. The zero-order chi connectivity index (χ0) is 2.71. The van der Waals surface area contributed by atoms with Crippen molar-refractivity contribution < 1.29 is 24.8 Å². The molecule has 0 saturated carbocycles. The van der Waals surface area contributed by atoms with Crippen molar-refractivity contribution in [2.45, 2.75) is 0 Å². The zero-order valence-corrected chi connectivity index (χ0v) is 4.42. The first kappa shape index (κ1) is 8.84. The van der Waals surface area contributed by atoms with Gasteiger partial charge >= 0.3 is 24.8 Å². The number of hydrogen-bond acceptors (Lipinski definition) is 2. The molecule has 4 heteroatoms. The zero-order valence-electron chi connectivity index (χ0n) is 1.71. The molecule has 0 aliphatic carbocycles. The fourth-order valence-corrected chi connectivity index (χ4v) is 0. The maximum absolute atomic E-state index is 8.43. The molecule has 0 atom stereocenters. The minimum absolute atomic E-state index is 0. The summed E-state index contributed by atoms with van der Waals surface area (Å²) < 4.78 is 16.8. The van der Waals surface area contributed by atoms with Gasteiger partial charge in [-0.25, -0.2) is 0 Å². The van der Waals surface area contributed by atoms with Gasteiger partial charge in [0.05, 0.1) is 0 Å². The van der Waals surface area contributed by atoms with Crippen LogP contribution in [0.5, 0.6) is 0 Å². The molecule has 0 aliphatic heterocycles. The molecule has 0 bridgehead atoms. The number of hydrogen-bond donors (Lipinski definition) is 0. The Kier molecular flexibility index (Phi) is 20.3. The van der Waals surface area contributed by atoms with Gasteiger partial charge in [0.15, 0.2) is 0 Å². The normalized spacial score (nSPS) is 5.00. The van der Waals surface area contributed by atoms with Gasteiger partial charge in [-0.2, -0.15) is 0 Å². The van der Waals surface area contributed by atoms with Crippen LogP contribution >= 0.6 is 0 Å². The fraction of sp³-hybridized carbons (Fsp3) is 0. The predicted octanol–water partition coefficient (Wildman–Crippen LogP) is -0.621. The Hall–Kier alpha value is 0.795. The quantitative estimate of drug-likeness (QED) is 0.448. The van der Waals surface area contributed by atoms with E-state index in [2.05, 4.69) is 0 Å². The summed E-state index contributed by atoms with van der Waals surface area (Å²) in [5.74, 6) is 0. The summed E-state index contributed by atoms with van der Waals surface area (Å²) in [5, 5.41) is 0. The van der Waals surface area contributed by atoms with Gasteiger partial charge in [-0.15, -0.1) is 0 Å². The van der Waals surface area contributed by atoms with Crippen LogP contribution in [0, 0.1) is 0 Å². The van der Waals surface area contributed by atoms with E-state index in [-0.39, 0.29) is 17.4 Å². The first-order valence-electron chi connectivity index (χ1n) is 0.258. The van der Waals surface area contributed by atoms with E-state index in [1.807, 2.05) is 0 Å². The van der Waals surface area contributed by atoms with Gasteiger partial charge in [-0.05, 0) is 0 Å². The minimum atomic E-state index is -1.55. The Bertz CT molecular complexity index is 27.0. The molecule has 0 fully saturated rings. The van der Waals surface area contributed by atoms with Crippen LogP contribution in [-0.2, 0) is 24.8 Å². The van der Waals surface area contributed by atoms with E-state index in [1.165, 1.54) is 0 Å². The molecule has 25 valence electrons. The van der Waals surface area contributed by atoms with Crippen LogP contribution in [-0.4, -0.2) is 17.4 Å². The van der Waals surface area contributed by atoms with E-state index in [0.717, 1.165) is 0 Å². The molecule has 3 radical (unpaired) electrons. The molecule has 0 aromatic rings. The second-order valence-corrected chi connectivity index (χ2v) is 0.312. The van der Waals surface area contributed by atoms with Gasteiger partial charge in [-0.3, -0.25) is 0 Å². The molecule has 0 aliphatic rings. The Labute approximate surface area is 42.4 Å². The Morgan fingerprint density at radius 3 is 1.25 bits per heavy atom. The average molecular weight is 165 g/mol. The summed E-state index contributed by atoms with van der Waals surface area (Å²) in [6.45, 7) is 0. The van der Waals surface area contributed by atoms with Gasteiger partial charge < -0.3 is 0 Å². The summed E-state index contributed by atoms with van der Waals surface area (Å²) in [4.78, 5) is 0. The molecular formula is AlO2Pd. The van der Waals surface area contributed by atoms with E-state index in [1.54, 1.807) is 0 Å². The van der Waals surface area contributed by atoms with Crippen molar-refractivity contribution in [2.75, 3.05) is 0 Å². The first-order valence-corrected chi connectivity index (χ1v) is 1.53. The molecule has 0 N–H and O–H groups in total. The number of rotatable bonds is 0. The van der Waals surface area contributed by atoms with Crippen molar-refractivity contribution in [1.82, 2.24) is 0 Å². The van der Waals surface area contributed by atoms with Gasteiger partial charge in [0.1, 0.15) is 0 Å². The van der Waals surface area contributed by atoms with Crippen LogP contribution < -0.4 is 0 Å². The van der Waals surface area contributed by atoms with E-state index in [9.17, 15) is 0 Å². The summed E-state index contributed by atoms with van der Waals surface area (Å²) in [7, 11) is 0. The third kappa shape index (κ3) is 14.3. The van der Waals surface area contributed by atoms with Crippen molar-refractivity contribution in [1.29, 1.82) is 0 Å². The molecule has 0 rings (SSSR count). The van der Waals surface area contributed by atoms with E-state index >= 15 is 0 Å². The van der Waals surface area contributed by atoms with Gasteiger partial charge in [0.25, 0.3) is 0 Å². The van der Waals surface area contributed by atoms with E-state index in [0.29, 0.717) is 0 Å². The SMILES string of the molecule is [Al].[O]=[Pd]=[O]. The van der Waals surface area contributed by atoms with Gasteiger partial charge in [0.2, 0.25) is 0 Å². The molecule has 0 unspecified atom stereocenters. The Balaban J connectivity index is 0. The average Bonchev–Trinajstić information content (AvgIpc) is 0.918. The van der Waals surface area contributed by atoms with Crippen molar-refractivity contribution in [2.24, 2.45) is 0 Å².